The Labute approximate surface area is 169 Å². The highest BCUT2D eigenvalue weighted by Gasteiger charge is 2.15. The molecule has 1 fully saturated rings. The molecule has 0 aromatic rings. The molecule has 1 aliphatic heterocycles. The van der Waals surface area contributed by atoms with Crippen molar-refractivity contribution in [1.82, 2.24) is 16.0 Å². The maximum Gasteiger partial charge on any atom is 0.222 e. The molecular formula is C17H35IN4O3. The minimum absolute atomic E-state index is 0. The highest BCUT2D eigenvalue weighted by molar-refractivity contribution is 14.0. The normalized spacial score (nSPS) is 17.3. The van der Waals surface area contributed by atoms with Gasteiger partial charge in [-0.1, -0.05) is 13.8 Å². The zero-order chi connectivity index (χ0) is 17.6. The number of nitrogens with one attached hydrogen (secondary N) is 3. The van der Waals surface area contributed by atoms with Gasteiger partial charge in [-0.25, -0.2) is 0 Å². The molecule has 0 aliphatic carbocycles. The van der Waals surface area contributed by atoms with Crippen LogP contribution in [0.25, 0.3) is 0 Å². The van der Waals surface area contributed by atoms with Crippen LogP contribution < -0.4 is 16.0 Å². The van der Waals surface area contributed by atoms with Gasteiger partial charge in [0.25, 0.3) is 0 Å². The van der Waals surface area contributed by atoms with Crippen molar-refractivity contribution in [3.8, 4) is 0 Å². The molecule has 25 heavy (non-hydrogen) atoms. The molecule has 0 bridgehead atoms. The number of rotatable bonds is 11. The van der Waals surface area contributed by atoms with E-state index in [-0.39, 0.29) is 35.8 Å². The van der Waals surface area contributed by atoms with Crippen molar-refractivity contribution in [3.05, 3.63) is 0 Å². The van der Waals surface area contributed by atoms with Crippen molar-refractivity contribution >= 4 is 35.8 Å². The zero-order valence-corrected chi connectivity index (χ0v) is 18.1. The molecule has 1 heterocycles. The third kappa shape index (κ3) is 12.4. The molecule has 1 atom stereocenters. The first-order valence-corrected chi connectivity index (χ1v) is 9.08. The van der Waals surface area contributed by atoms with E-state index in [1.54, 1.807) is 0 Å². The van der Waals surface area contributed by atoms with Crippen molar-refractivity contribution in [1.29, 1.82) is 0 Å². The number of aliphatic imine (C=N–C) groups is 1. The van der Waals surface area contributed by atoms with Crippen molar-refractivity contribution in [3.63, 3.8) is 0 Å². The lowest BCUT2D eigenvalue weighted by molar-refractivity contribution is -0.123. The predicted molar refractivity (Wildman–Crippen MR) is 112 cm³/mol. The highest BCUT2D eigenvalue weighted by Crippen LogP contribution is 2.12. The number of ether oxygens (including phenoxy) is 2. The molecule has 0 aromatic carbocycles. The summed E-state index contributed by atoms with van der Waals surface area (Å²) in [6, 6.07) is 0. The second-order valence-corrected chi connectivity index (χ2v) is 6.29. The predicted octanol–water partition coefficient (Wildman–Crippen LogP) is 1.37. The van der Waals surface area contributed by atoms with Crippen LogP contribution in [-0.4, -0.2) is 64.5 Å². The summed E-state index contributed by atoms with van der Waals surface area (Å²) < 4.78 is 11.0. The molecule has 0 spiro atoms. The van der Waals surface area contributed by atoms with Crippen LogP contribution >= 0.6 is 24.0 Å². The number of guanidine groups is 1. The molecule has 1 saturated heterocycles. The molecule has 1 rings (SSSR count). The van der Waals surface area contributed by atoms with Gasteiger partial charge in [0.05, 0.1) is 13.2 Å². The zero-order valence-electron chi connectivity index (χ0n) is 15.8. The Morgan fingerprint density at radius 1 is 1.28 bits per heavy atom. The monoisotopic (exact) mass is 470 g/mol. The van der Waals surface area contributed by atoms with Crippen LogP contribution in [0.15, 0.2) is 4.99 Å². The van der Waals surface area contributed by atoms with Crippen LogP contribution in [0.5, 0.6) is 0 Å². The van der Waals surface area contributed by atoms with E-state index in [2.05, 4.69) is 20.9 Å². The van der Waals surface area contributed by atoms with Crippen LogP contribution in [0.3, 0.4) is 0 Å². The van der Waals surface area contributed by atoms with Gasteiger partial charge in [-0.3, -0.25) is 9.79 Å². The summed E-state index contributed by atoms with van der Waals surface area (Å²) in [7, 11) is 0. The van der Waals surface area contributed by atoms with Crippen molar-refractivity contribution < 1.29 is 14.3 Å². The number of hydrogen-bond acceptors (Lipinski definition) is 4. The lowest BCUT2D eigenvalue weighted by atomic mass is 10.1. The van der Waals surface area contributed by atoms with E-state index in [1.165, 1.54) is 0 Å². The first kappa shape index (κ1) is 24.4. The molecule has 7 nitrogen and oxygen atoms in total. The minimum Gasteiger partial charge on any atom is -0.381 e. The van der Waals surface area contributed by atoms with Gasteiger partial charge in [0, 0.05) is 51.2 Å². The van der Waals surface area contributed by atoms with Gasteiger partial charge in [0.15, 0.2) is 5.96 Å². The summed E-state index contributed by atoms with van der Waals surface area (Å²) in [4.78, 5) is 16.0. The average Bonchev–Trinajstić information content (AvgIpc) is 3.07. The van der Waals surface area contributed by atoms with Crippen molar-refractivity contribution in [2.75, 3.05) is 52.6 Å². The van der Waals surface area contributed by atoms with E-state index >= 15 is 0 Å². The molecule has 0 aromatic heterocycles. The molecule has 8 heteroatoms. The minimum atomic E-state index is 0. The first-order chi connectivity index (χ1) is 11.6. The van der Waals surface area contributed by atoms with Gasteiger partial charge in [-0.15, -0.1) is 24.0 Å². The molecule has 0 saturated carbocycles. The molecule has 1 aliphatic rings. The van der Waals surface area contributed by atoms with Crippen LogP contribution in [0.2, 0.25) is 0 Å². The lowest BCUT2D eigenvalue weighted by Crippen LogP contribution is -2.42. The third-order valence-electron chi connectivity index (χ3n) is 3.68. The molecular weight excluding hydrogens is 435 g/mol. The van der Waals surface area contributed by atoms with E-state index in [1.807, 2.05) is 20.8 Å². The Bertz CT molecular complexity index is 375. The number of carbonyl (C=O) groups is 1. The van der Waals surface area contributed by atoms with E-state index in [9.17, 15) is 4.79 Å². The van der Waals surface area contributed by atoms with Crippen LogP contribution in [0, 0.1) is 11.8 Å². The summed E-state index contributed by atoms with van der Waals surface area (Å²) in [5.74, 6) is 1.43. The smallest absolute Gasteiger partial charge is 0.222 e. The van der Waals surface area contributed by atoms with Gasteiger partial charge in [-0.05, 0) is 19.8 Å². The summed E-state index contributed by atoms with van der Waals surface area (Å²) in [6.07, 6.45) is 2.01. The van der Waals surface area contributed by atoms with Gasteiger partial charge >= 0.3 is 0 Å². The van der Waals surface area contributed by atoms with E-state index in [4.69, 9.17) is 9.47 Å². The van der Waals surface area contributed by atoms with E-state index in [0.29, 0.717) is 19.0 Å². The Morgan fingerprint density at radius 3 is 2.68 bits per heavy atom. The fraction of sp³-hybridized carbons (Fsp3) is 0.882. The second kappa shape index (κ2) is 15.6. The van der Waals surface area contributed by atoms with Gasteiger partial charge < -0.3 is 25.4 Å². The molecule has 1 unspecified atom stereocenters. The lowest BCUT2D eigenvalue weighted by Gasteiger charge is -2.13. The Balaban J connectivity index is 0.00000576. The number of carbonyl (C=O) groups excluding carboxylic acids is 1. The van der Waals surface area contributed by atoms with Crippen molar-refractivity contribution in [2.45, 2.75) is 33.6 Å². The molecule has 3 N–H and O–H groups in total. The van der Waals surface area contributed by atoms with Crippen molar-refractivity contribution in [2.24, 2.45) is 16.8 Å². The maximum absolute atomic E-state index is 11.5. The topological polar surface area (TPSA) is 84.0 Å². The Kier molecular flexibility index (Phi) is 15.2. The number of halogens is 1. The van der Waals surface area contributed by atoms with Crippen LogP contribution in [0.1, 0.15) is 33.6 Å². The molecule has 0 radical (unpaired) electrons. The summed E-state index contributed by atoms with van der Waals surface area (Å²) >= 11 is 0. The SMILES string of the molecule is CCNC(=NCCCOCC1CCOC1)NCCNC(=O)C(C)C.I. The quantitative estimate of drug-likeness (QED) is 0.184. The summed E-state index contributed by atoms with van der Waals surface area (Å²) in [5.41, 5.74) is 0. The van der Waals surface area contributed by atoms with Crippen LogP contribution in [-0.2, 0) is 14.3 Å². The Hall–Kier alpha value is -0.610. The van der Waals surface area contributed by atoms with E-state index in [0.717, 1.165) is 58.3 Å². The average molecular weight is 470 g/mol. The summed E-state index contributed by atoms with van der Waals surface area (Å²) in [6.45, 7) is 11.8. The fourth-order valence-electron chi connectivity index (χ4n) is 2.23. The largest absolute Gasteiger partial charge is 0.381 e. The standard InChI is InChI=1S/C17H34N4O3.HI/c1-4-18-17(21-9-8-19-16(22)14(2)3)20-7-5-10-23-12-15-6-11-24-13-15;/h14-15H,4-13H2,1-3H3,(H,19,22)(H2,18,20,21);1H. The summed E-state index contributed by atoms with van der Waals surface area (Å²) in [5, 5.41) is 9.29. The highest BCUT2D eigenvalue weighted by atomic mass is 127. The number of amides is 1. The molecule has 148 valence electrons. The fourth-order valence-corrected chi connectivity index (χ4v) is 2.23. The number of nitrogens with zero attached hydrogens (tertiary/aromatic N) is 1. The van der Waals surface area contributed by atoms with Gasteiger partial charge in [0.2, 0.25) is 5.91 Å². The second-order valence-electron chi connectivity index (χ2n) is 6.29. The Morgan fingerprint density at radius 2 is 2.04 bits per heavy atom. The van der Waals surface area contributed by atoms with Gasteiger partial charge in [0.1, 0.15) is 0 Å². The van der Waals surface area contributed by atoms with Gasteiger partial charge in [-0.2, -0.15) is 0 Å². The van der Waals surface area contributed by atoms with Crippen LogP contribution in [0.4, 0.5) is 0 Å². The maximum atomic E-state index is 11.5. The van der Waals surface area contributed by atoms with E-state index < -0.39 is 0 Å². The third-order valence-corrected chi connectivity index (χ3v) is 3.68. The first-order valence-electron chi connectivity index (χ1n) is 9.08. The molecule has 1 amide bonds. The number of hydrogen-bond donors (Lipinski definition) is 3.